The summed E-state index contributed by atoms with van der Waals surface area (Å²) in [5.74, 6) is -1.43. The Morgan fingerprint density at radius 1 is 1.10 bits per heavy atom. The quantitative estimate of drug-likeness (QED) is 0.881. The fourth-order valence-corrected chi connectivity index (χ4v) is 3.18. The Morgan fingerprint density at radius 3 is 2.57 bits per heavy atom. The summed E-state index contributed by atoms with van der Waals surface area (Å²) in [6.07, 6.45) is 1.14. The van der Waals surface area contributed by atoms with Gasteiger partial charge in [0, 0.05) is 0 Å². The van der Waals surface area contributed by atoms with E-state index >= 15 is 0 Å². The van der Waals surface area contributed by atoms with Crippen molar-refractivity contribution in [3.8, 4) is 0 Å². The summed E-state index contributed by atoms with van der Waals surface area (Å²) in [6.45, 7) is 1.58. The fourth-order valence-electron chi connectivity index (χ4n) is 3.18. The molecule has 0 spiro atoms. The van der Waals surface area contributed by atoms with Crippen LogP contribution in [0.5, 0.6) is 0 Å². The van der Waals surface area contributed by atoms with Gasteiger partial charge in [0.15, 0.2) is 0 Å². The number of halogens is 2. The van der Waals surface area contributed by atoms with Crippen molar-refractivity contribution in [2.75, 3.05) is 0 Å². The highest BCUT2D eigenvalue weighted by Crippen LogP contribution is 2.36. The first-order chi connectivity index (χ1) is 10.1. The molecule has 21 heavy (non-hydrogen) atoms. The van der Waals surface area contributed by atoms with E-state index in [9.17, 15) is 13.9 Å². The minimum absolute atomic E-state index is 0.148. The molecule has 1 aliphatic rings. The molecule has 0 saturated heterocycles. The van der Waals surface area contributed by atoms with E-state index in [1.165, 1.54) is 23.3 Å². The first kappa shape index (κ1) is 14.2. The van der Waals surface area contributed by atoms with Crippen molar-refractivity contribution in [3.63, 3.8) is 0 Å². The average molecular weight is 288 g/mol. The molecule has 2 aromatic carbocycles. The Bertz CT molecular complexity index is 666. The summed E-state index contributed by atoms with van der Waals surface area (Å²) in [4.78, 5) is 0. The van der Waals surface area contributed by atoms with E-state index in [-0.39, 0.29) is 11.5 Å². The Labute approximate surface area is 123 Å². The van der Waals surface area contributed by atoms with Crippen LogP contribution in [0.4, 0.5) is 8.78 Å². The Hall–Kier alpha value is -1.74. The molecule has 2 aromatic rings. The number of aryl methyl sites for hydroxylation is 2. The Kier molecular flexibility index (Phi) is 3.77. The van der Waals surface area contributed by atoms with E-state index in [1.807, 2.05) is 18.2 Å². The summed E-state index contributed by atoms with van der Waals surface area (Å²) >= 11 is 0. The minimum atomic E-state index is -1.10. The first-order valence-corrected chi connectivity index (χ1v) is 7.27. The molecule has 3 heteroatoms. The summed E-state index contributed by atoms with van der Waals surface area (Å²) in [5, 5.41) is 10.5. The zero-order chi connectivity index (χ0) is 15.0. The Morgan fingerprint density at radius 2 is 1.81 bits per heavy atom. The summed E-state index contributed by atoms with van der Waals surface area (Å²) in [7, 11) is 0. The molecular weight excluding hydrogens is 270 g/mol. The van der Waals surface area contributed by atoms with Gasteiger partial charge in [-0.2, -0.15) is 0 Å². The van der Waals surface area contributed by atoms with E-state index in [0.717, 1.165) is 12.8 Å². The molecule has 110 valence electrons. The lowest BCUT2D eigenvalue weighted by molar-refractivity contribution is 0.0920. The van der Waals surface area contributed by atoms with E-state index in [4.69, 9.17) is 0 Å². The van der Waals surface area contributed by atoms with Gasteiger partial charge in [-0.3, -0.25) is 0 Å². The molecular formula is C18H18F2O. The number of benzene rings is 2. The second-order valence-corrected chi connectivity index (χ2v) is 5.81. The number of hydrogen-bond acceptors (Lipinski definition) is 1. The number of fused-ring (bicyclic) bond motifs is 1. The SMILES string of the molecule is Cc1ccc(F)c(C(O)C2CCc3ccccc3C2)c1F. The highest BCUT2D eigenvalue weighted by atomic mass is 19.1. The maximum absolute atomic E-state index is 14.2. The minimum Gasteiger partial charge on any atom is -0.388 e. The van der Waals surface area contributed by atoms with Gasteiger partial charge in [-0.15, -0.1) is 0 Å². The first-order valence-electron chi connectivity index (χ1n) is 7.27. The molecule has 2 atom stereocenters. The monoisotopic (exact) mass is 288 g/mol. The largest absolute Gasteiger partial charge is 0.388 e. The van der Waals surface area contributed by atoms with Crippen molar-refractivity contribution in [3.05, 3.63) is 70.3 Å². The third kappa shape index (κ3) is 2.58. The van der Waals surface area contributed by atoms with Crippen LogP contribution in [0.3, 0.4) is 0 Å². The molecule has 0 aliphatic heterocycles. The standard InChI is InChI=1S/C18H18F2O/c1-11-6-9-15(19)16(17(11)20)18(21)14-8-7-12-4-2-3-5-13(12)10-14/h2-6,9,14,18,21H,7-8,10H2,1H3. The van der Waals surface area contributed by atoms with Gasteiger partial charge < -0.3 is 5.11 Å². The lowest BCUT2D eigenvalue weighted by Gasteiger charge is -2.29. The van der Waals surface area contributed by atoms with Crippen LogP contribution in [-0.4, -0.2) is 5.11 Å². The molecule has 0 bridgehead atoms. The summed E-state index contributed by atoms with van der Waals surface area (Å²) < 4.78 is 28.1. The predicted octanol–water partition coefficient (Wildman–Crippen LogP) is 4.11. The summed E-state index contributed by atoms with van der Waals surface area (Å²) in [6, 6.07) is 10.7. The highest BCUT2D eigenvalue weighted by Gasteiger charge is 2.30. The molecule has 1 aliphatic carbocycles. The fraction of sp³-hybridized carbons (Fsp3) is 0.333. The zero-order valence-corrected chi connectivity index (χ0v) is 11.9. The average Bonchev–Trinajstić information content (AvgIpc) is 2.51. The smallest absolute Gasteiger partial charge is 0.134 e. The molecule has 0 heterocycles. The van der Waals surface area contributed by atoms with Crippen LogP contribution in [0.1, 0.15) is 34.8 Å². The maximum atomic E-state index is 14.2. The molecule has 1 nitrogen and oxygen atoms in total. The van der Waals surface area contributed by atoms with E-state index in [0.29, 0.717) is 12.0 Å². The summed E-state index contributed by atoms with van der Waals surface area (Å²) in [5.41, 5.74) is 2.62. The van der Waals surface area contributed by atoms with Crippen LogP contribution in [0.15, 0.2) is 36.4 Å². The third-order valence-electron chi connectivity index (χ3n) is 4.45. The molecule has 3 rings (SSSR count). The van der Waals surface area contributed by atoms with E-state index < -0.39 is 17.7 Å². The van der Waals surface area contributed by atoms with Crippen molar-refractivity contribution in [1.82, 2.24) is 0 Å². The third-order valence-corrected chi connectivity index (χ3v) is 4.45. The maximum Gasteiger partial charge on any atom is 0.134 e. The molecule has 0 radical (unpaired) electrons. The second-order valence-electron chi connectivity index (χ2n) is 5.81. The highest BCUT2D eigenvalue weighted by molar-refractivity contribution is 5.33. The zero-order valence-electron chi connectivity index (χ0n) is 11.9. The molecule has 2 unspecified atom stereocenters. The van der Waals surface area contributed by atoms with Crippen LogP contribution in [0.2, 0.25) is 0 Å². The number of aliphatic hydroxyl groups is 1. The molecule has 0 amide bonds. The van der Waals surface area contributed by atoms with Crippen LogP contribution >= 0.6 is 0 Å². The van der Waals surface area contributed by atoms with Crippen molar-refractivity contribution in [2.24, 2.45) is 5.92 Å². The van der Waals surface area contributed by atoms with Gasteiger partial charge in [-0.25, -0.2) is 8.78 Å². The number of hydrogen-bond donors (Lipinski definition) is 1. The predicted molar refractivity (Wildman–Crippen MR) is 78.0 cm³/mol. The molecule has 0 fully saturated rings. The van der Waals surface area contributed by atoms with E-state index in [1.54, 1.807) is 6.92 Å². The second kappa shape index (κ2) is 5.57. The van der Waals surface area contributed by atoms with Gasteiger partial charge in [-0.05, 0) is 54.9 Å². The molecule has 0 saturated carbocycles. The normalized spacial score (nSPS) is 19.1. The van der Waals surface area contributed by atoms with Crippen LogP contribution in [0, 0.1) is 24.5 Å². The number of rotatable bonds is 2. The van der Waals surface area contributed by atoms with Gasteiger partial charge in [0.2, 0.25) is 0 Å². The number of aliphatic hydroxyl groups excluding tert-OH is 1. The van der Waals surface area contributed by atoms with Crippen LogP contribution in [0.25, 0.3) is 0 Å². The topological polar surface area (TPSA) is 20.2 Å². The van der Waals surface area contributed by atoms with Crippen molar-refractivity contribution < 1.29 is 13.9 Å². The van der Waals surface area contributed by atoms with Gasteiger partial charge in [0.05, 0.1) is 11.7 Å². The molecule has 1 N–H and O–H groups in total. The molecule has 0 aromatic heterocycles. The lowest BCUT2D eigenvalue weighted by Crippen LogP contribution is -2.23. The van der Waals surface area contributed by atoms with Gasteiger partial charge >= 0.3 is 0 Å². The van der Waals surface area contributed by atoms with E-state index in [2.05, 4.69) is 6.07 Å². The van der Waals surface area contributed by atoms with Crippen molar-refractivity contribution >= 4 is 0 Å². The van der Waals surface area contributed by atoms with Crippen LogP contribution < -0.4 is 0 Å². The van der Waals surface area contributed by atoms with Gasteiger partial charge in [0.25, 0.3) is 0 Å². The lowest BCUT2D eigenvalue weighted by atomic mass is 9.79. The van der Waals surface area contributed by atoms with Gasteiger partial charge in [0.1, 0.15) is 11.6 Å². The van der Waals surface area contributed by atoms with Crippen molar-refractivity contribution in [1.29, 1.82) is 0 Å². The Balaban J connectivity index is 1.91. The van der Waals surface area contributed by atoms with Gasteiger partial charge in [-0.1, -0.05) is 30.3 Å². The van der Waals surface area contributed by atoms with Crippen molar-refractivity contribution in [2.45, 2.75) is 32.3 Å². The van der Waals surface area contributed by atoms with Crippen LogP contribution in [-0.2, 0) is 12.8 Å².